The first-order chi connectivity index (χ1) is 11.1. The first-order valence-corrected chi connectivity index (χ1v) is 7.71. The van der Waals surface area contributed by atoms with Crippen LogP contribution in [-0.2, 0) is 0 Å². The van der Waals surface area contributed by atoms with Gasteiger partial charge in [-0.1, -0.05) is 40.2 Å². The number of rotatable bonds is 3. The van der Waals surface area contributed by atoms with E-state index in [0.717, 1.165) is 21.1 Å². The number of pyridine rings is 1. The fraction of sp³-hybridized carbons (Fsp3) is 0.0556. The Kier molecular flexibility index (Phi) is 4.21. The fourth-order valence-electron chi connectivity index (χ4n) is 2.26. The first-order valence-electron chi connectivity index (χ1n) is 6.92. The molecule has 3 rings (SSSR count). The van der Waals surface area contributed by atoms with Crippen molar-refractivity contribution in [3.05, 3.63) is 58.2 Å². The summed E-state index contributed by atoms with van der Waals surface area (Å²) in [6.45, 7) is 0. The Morgan fingerprint density at radius 3 is 2.65 bits per heavy atom. The Morgan fingerprint density at radius 2 is 1.87 bits per heavy atom. The first kappa shape index (κ1) is 15.4. The predicted octanol–water partition coefficient (Wildman–Crippen LogP) is 4.59. The van der Waals surface area contributed by atoms with Gasteiger partial charge in [-0.3, -0.25) is 0 Å². The monoisotopic (exact) mass is 371 g/mol. The van der Waals surface area contributed by atoms with E-state index in [1.54, 1.807) is 24.3 Å². The standard InChI is InChI=1S/C18H14BrNO3/c1-23-17-9-12(14(19)10-16(17)22)6-8-13-7-5-11-3-2-4-15(21)18(11)20-13/h2-10,21-22H,1H3/b8-6+. The lowest BCUT2D eigenvalue weighted by Gasteiger charge is -2.06. The topological polar surface area (TPSA) is 62.6 Å². The van der Waals surface area contributed by atoms with Crippen molar-refractivity contribution in [1.29, 1.82) is 0 Å². The molecule has 0 radical (unpaired) electrons. The number of fused-ring (bicyclic) bond motifs is 1. The molecule has 0 bridgehead atoms. The van der Waals surface area contributed by atoms with E-state index < -0.39 is 0 Å². The van der Waals surface area contributed by atoms with E-state index in [-0.39, 0.29) is 11.5 Å². The van der Waals surface area contributed by atoms with Crippen molar-refractivity contribution < 1.29 is 14.9 Å². The average molecular weight is 372 g/mol. The Labute approximate surface area is 141 Å². The lowest BCUT2D eigenvalue weighted by Crippen LogP contribution is -1.86. The largest absolute Gasteiger partial charge is 0.506 e. The quantitative estimate of drug-likeness (QED) is 0.706. The molecule has 0 unspecified atom stereocenters. The maximum Gasteiger partial charge on any atom is 0.161 e. The van der Waals surface area contributed by atoms with Crippen LogP contribution in [0.15, 0.2) is 46.9 Å². The predicted molar refractivity (Wildman–Crippen MR) is 94.7 cm³/mol. The molecule has 2 N–H and O–H groups in total. The number of methoxy groups -OCH3 is 1. The summed E-state index contributed by atoms with van der Waals surface area (Å²) in [4.78, 5) is 4.45. The van der Waals surface area contributed by atoms with Crippen molar-refractivity contribution in [2.75, 3.05) is 7.11 Å². The van der Waals surface area contributed by atoms with Crippen LogP contribution in [0.4, 0.5) is 0 Å². The van der Waals surface area contributed by atoms with Crippen LogP contribution in [0.25, 0.3) is 23.1 Å². The van der Waals surface area contributed by atoms with Gasteiger partial charge < -0.3 is 14.9 Å². The van der Waals surface area contributed by atoms with Crippen molar-refractivity contribution in [2.24, 2.45) is 0 Å². The molecule has 23 heavy (non-hydrogen) atoms. The lowest BCUT2D eigenvalue weighted by atomic mass is 10.1. The molecule has 2 aromatic carbocycles. The molecule has 0 aliphatic heterocycles. The van der Waals surface area contributed by atoms with Crippen LogP contribution in [0.3, 0.4) is 0 Å². The van der Waals surface area contributed by atoms with Gasteiger partial charge in [-0.2, -0.15) is 0 Å². The minimum atomic E-state index is 0.0743. The van der Waals surface area contributed by atoms with Crippen molar-refractivity contribution in [3.63, 3.8) is 0 Å². The second kappa shape index (κ2) is 6.30. The van der Waals surface area contributed by atoms with E-state index in [0.29, 0.717) is 11.3 Å². The van der Waals surface area contributed by atoms with E-state index >= 15 is 0 Å². The second-order valence-corrected chi connectivity index (χ2v) is 5.82. The van der Waals surface area contributed by atoms with Crippen LogP contribution in [0.1, 0.15) is 11.3 Å². The van der Waals surface area contributed by atoms with Gasteiger partial charge in [0.15, 0.2) is 11.5 Å². The molecule has 0 fully saturated rings. The number of hydrogen-bond donors (Lipinski definition) is 2. The van der Waals surface area contributed by atoms with Gasteiger partial charge in [-0.05, 0) is 35.9 Å². The summed E-state index contributed by atoms with van der Waals surface area (Å²) >= 11 is 3.41. The molecule has 0 atom stereocenters. The van der Waals surface area contributed by atoms with E-state index in [1.807, 2.05) is 30.4 Å². The molecule has 5 heteroatoms. The molecule has 3 aromatic rings. The molecule has 0 aliphatic rings. The number of ether oxygens (including phenoxy) is 1. The molecule has 0 amide bonds. The molecule has 4 nitrogen and oxygen atoms in total. The van der Waals surface area contributed by atoms with Crippen LogP contribution < -0.4 is 4.74 Å². The highest BCUT2D eigenvalue weighted by Crippen LogP contribution is 2.33. The zero-order valence-electron chi connectivity index (χ0n) is 12.3. The molecular weight excluding hydrogens is 358 g/mol. The van der Waals surface area contributed by atoms with Gasteiger partial charge in [0.05, 0.1) is 12.8 Å². The van der Waals surface area contributed by atoms with Crippen molar-refractivity contribution in [1.82, 2.24) is 4.98 Å². The van der Waals surface area contributed by atoms with Gasteiger partial charge in [-0.25, -0.2) is 4.98 Å². The summed E-state index contributed by atoms with van der Waals surface area (Å²) in [5.41, 5.74) is 2.13. The third-order valence-corrected chi connectivity index (χ3v) is 4.14. The molecule has 0 spiro atoms. The van der Waals surface area contributed by atoms with Crippen LogP contribution in [0, 0.1) is 0 Å². The van der Waals surface area contributed by atoms with E-state index in [4.69, 9.17) is 4.74 Å². The third kappa shape index (κ3) is 3.14. The number of benzene rings is 2. The van der Waals surface area contributed by atoms with E-state index in [9.17, 15) is 10.2 Å². The molecule has 0 saturated carbocycles. The SMILES string of the molecule is COc1cc(/C=C/c2ccc3cccc(O)c3n2)c(Br)cc1O. The van der Waals surface area contributed by atoms with Gasteiger partial charge in [0.25, 0.3) is 0 Å². The molecule has 0 aliphatic carbocycles. The van der Waals surface area contributed by atoms with Gasteiger partial charge in [0, 0.05) is 9.86 Å². The average Bonchev–Trinajstić information content (AvgIpc) is 2.55. The normalized spacial score (nSPS) is 11.2. The highest BCUT2D eigenvalue weighted by Gasteiger charge is 2.06. The number of phenolic OH excluding ortho intramolecular Hbond substituents is 2. The van der Waals surface area contributed by atoms with Crippen LogP contribution in [0.5, 0.6) is 17.2 Å². The molecule has 116 valence electrons. The van der Waals surface area contributed by atoms with Crippen LogP contribution in [0.2, 0.25) is 0 Å². The minimum Gasteiger partial charge on any atom is -0.506 e. The summed E-state index contributed by atoms with van der Waals surface area (Å²) < 4.78 is 5.86. The van der Waals surface area contributed by atoms with Crippen LogP contribution >= 0.6 is 15.9 Å². The van der Waals surface area contributed by atoms with Gasteiger partial charge in [0.1, 0.15) is 11.3 Å². The van der Waals surface area contributed by atoms with Crippen LogP contribution in [-0.4, -0.2) is 22.3 Å². The number of phenols is 2. The Morgan fingerprint density at radius 1 is 1.04 bits per heavy atom. The highest BCUT2D eigenvalue weighted by atomic mass is 79.9. The maximum absolute atomic E-state index is 9.89. The number of para-hydroxylation sites is 1. The van der Waals surface area contributed by atoms with Crippen molar-refractivity contribution in [2.45, 2.75) is 0 Å². The zero-order valence-corrected chi connectivity index (χ0v) is 13.9. The number of aromatic hydroxyl groups is 2. The van der Waals surface area contributed by atoms with Gasteiger partial charge >= 0.3 is 0 Å². The summed E-state index contributed by atoms with van der Waals surface area (Å²) in [7, 11) is 1.50. The van der Waals surface area contributed by atoms with Crippen molar-refractivity contribution >= 4 is 39.0 Å². The Balaban J connectivity index is 1.98. The maximum atomic E-state index is 9.89. The van der Waals surface area contributed by atoms with Gasteiger partial charge in [0.2, 0.25) is 0 Å². The van der Waals surface area contributed by atoms with Gasteiger partial charge in [-0.15, -0.1) is 0 Å². The molecule has 0 saturated heterocycles. The lowest BCUT2D eigenvalue weighted by molar-refractivity contribution is 0.373. The zero-order chi connectivity index (χ0) is 16.4. The number of hydrogen-bond acceptors (Lipinski definition) is 4. The molecule has 1 aromatic heterocycles. The summed E-state index contributed by atoms with van der Waals surface area (Å²) in [5, 5.41) is 20.5. The fourth-order valence-corrected chi connectivity index (χ4v) is 2.73. The highest BCUT2D eigenvalue weighted by molar-refractivity contribution is 9.10. The summed E-state index contributed by atoms with van der Waals surface area (Å²) in [6.07, 6.45) is 3.70. The number of halogens is 1. The summed E-state index contributed by atoms with van der Waals surface area (Å²) in [5.74, 6) is 0.632. The summed E-state index contributed by atoms with van der Waals surface area (Å²) in [6, 6.07) is 12.4. The molecular formula is C18H14BrNO3. The van der Waals surface area contributed by atoms with Crippen molar-refractivity contribution in [3.8, 4) is 17.2 Å². The van der Waals surface area contributed by atoms with E-state index in [2.05, 4.69) is 20.9 Å². The third-order valence-electron chi connectivity index (χ3n) is 3.45. The van der Waals surface area contributed by atoms with E-state index in [1.165, 1.54) is 7.11 Å². The number of nitrogens with zero attached hydrogens (tertiary/aromatic N) is 1. The Bertz CT molecular complexity index is 906. The second-order valence-electron chi connectivity index (χ2n) is 4.96. The Hall–Kier alpha value is -2.53. The minimum absolute atomic E-state index is 0.0743. The molecule has 1 heterocycles. The smallest absolute Gasteiger partial charge is 0.161 e. The number of aromatic nitrogens is 1.